The highest BCUT2D eigenvalue weighted by atomic mass is 16.7. The summed E-state index contributed by atoms with van der Waals surface area (Å²) in [6.07, 6.45) is 1.65. The Morgan fingerprint density at radius 2 is 1.83 bits per heavy atom. The standard InChI is InChI=1S/C19H17NO4/c1-3-22-19(21)16-14-12(8-20-16)13-10-6-4-5-7-11(10)15(14)18-17(13)23-9(2)24-18/h4-8,13,15,17-18,20H,2-3H2,1H3. The molecule has 0 saturated carbocycles. The molecule has 1 aromatic heterocycles. The van der Waals surface area contributed by atoms with Crippen LogP contribution in [0.3, 0.4) is 0 Å². The van der Waals surface area contributed by atoms with Gasteiger partial charge in [0.25, 0.3) is 5.95 Å². The van der Waals surface area contributed by atoms with Gasteiger partial charge in [0.15, 0.2) is 12.2 Å². The van der Waals surface area contributed by atoms with E-state index < -0.39 is 0 Å². The molecule has 4 atom stereocenters. The highest BCUT2D eigenvalue weighted by molar-refractivity contribution is 5.91. The Morgan fingerprint density at radius 1 is 1.17 bits per heavy atom. The normalized spacial score (nSPS) is 28.5. The number of H-pyrrole nitrogens is 1. The van der Waals surface area contributed by atoms with Gasteiger partial charge in [-0.25, -0.2) is 4.79 Å². The molecule has 4 unspecified atom stereocenters. The number of ether oxygens (including phenoxy) is 3. The second-order valence-electron chi connectivity index (χ2n) is 6.37. The minimum atomic E-state index is -0.321. The van der Waals surface area contributed by atoms with Gasteiger partial charge in [0.2, 0.25) is 0 Å². The summed E-state index contributed by atoms with van der Waals surface area (Å²) in [5.74, 6) is 0.0127. The first-order chi connectivity index (χ1) is 11.7. The van der Waals surface area contributed by atoms with Crippen molar-refractivity contribution in [3.63, 3.8) is 0 Å². The molecular formula is C19H17NO4. The summed E-state index contributed by atoms with van der Waals surface area (Å²) >= 11 is 0. The van der Waals surface area contributed by atoms with Gasteiger partial charge in [-0.2, -0.15) is 0 Å². The van der Waals surface area contributed by atoms with Gasteiger partial charge in [0.1, 0.15) is 5.69 Å². The Morgan fingerprint density at radius 3 is 2.54 bits per heavy atom. The fourth-order valence-electron chi connectivity index (χ4n) is 4.49. The minimum absolute atomic E-state index is 0.0323. The zero-order chi connectivity index (χ0) is 16.4. The summed E-state index contributed by atoms with van der Waals surface area (Å²) in [5, 5.41) is 0. The number of hydrogen-bond donors (Lipinski definition) is 1. The van der Waals surface area contributed by atoms with Crippen molar-refractivity contribution in [1.82, 2.24) is 4.98 Å². The van der Waals surface area contributed by atoms with Gasteiger partial charge in [-0.1, -0.05) is 24.3 Å². The number of carbonyl (C=O) groups excluding carboxylic acids is 1. The summed E-state index contributed by atoms with van der Waals surface area (Å²) in [4.78, 5) is 15.5. The lowest BCUT2D eigenvalue weighted by atomic mass is 9.61. The van der Waals surface area contributed by atoms with Crippen LogP contribution in [0.15, 0.2) is 43.0 Å². The van der Waals surface area contributed by atoms with Gasteiger partial charge >= 0.3 is 5.97 Å². The number of benzene rings is 1. The van der Waals surface area contributed by atoms with Crippen LogP contribution >= 0.6 is 0 Å². The molecule has 4 aliphatic rings. The van der Waals surface area contributed by atoms with E-state index in [1.54, 1.807) is 0 Å². The van der Waals surface area contributed by atoms with E-state index in [0.29, 0.717) is 18.2 Å². The van der Waals surface area contributed by atoms with Crippen molar-refractivity contribution < 1.29 is 19.0 Å². The van der Waals surface area contributed by atoms with E-state index in [4.69, 9.17) is 14.2 Å². The molecule has 0 spiro atoms. The van der Waals surface area contributed by atoms with Crippen LogP contribution in [-0.2, 0) is 14.2 Å². The van der Waals surface area contributed by atoms with Gasteiger partial charge in [0.05, 0.1) is 18.4 Å². The van der Waals surface area contributed by atoms with Crippen LogP contribution in [0.5, 0.6) is 0 Å². The summed E-state index contributed by atoms with van der Waals surface area (Å²) in [7, 11) is 0. The summed E-state index contributed by atoms with van der Waals surface area (Å²) < 4.78 is 17.0. The highest BCUT2D eigenvalue weighted by Crippen LogP contribution is 2.58. The van der Waals surface area contributed by atoms with Crippen molar-refractivity contribution in [2.75, 3.05) is 6.61 Å². The van der Waals surface area contributed by atoms with Crippen molar-refractivity contribution in [3.05, 3.63) is 70.9 Å². The van der Waals surface area contributed by atoms with Crippen molar-refractivity contribution in [2.24, 2.45) is 0 Å². The molecule has 3 aliphatic carbocycles. The first kappa shape index (κ1) is 13.7. The highest BCUT2D eigenvalue weighted by Gasteiger charge is 2.57. The zero-order valence-corrected chi connectivity index (χ0v) is 13.2. The predicted octanol–water partition coefficient (Wildman–Crippen LogP) is 3.04. The number of aromatic amines is 1. The summed E-state index contributed by atoms with van der Waals surface area (Å²) in [6, 6.07) is 8.31. The first-order valence-electron chi connectivity index (χ1n) is 8.20. The lowest BCUT2D eigenvalue weighted by Crippen LogP contribution is -2.45. The third-order valence-corrected chi connectivity index (χ3v) is 5.26. The van der Waals surface area contributed by atoms with Crippen LogP contribution in [-0.4, -0.2) is 29.8 Å². The number of nitrogens with one attached hydrogen (secondary N) is 1. The maximum Gasteiger partial charge on any atom is 0.355 e. The smallest absolute Gasteiger partial charge is 0.355 e. The SMILES string of the molecule is C=C1OC2C3c4ccccc4C(c4c3c[nH]c4C(=O)OCC)C2O1. The third-order valence-electron chi connectivity index (χ3n) is 5.26. The number of hydrogen-bond acceptors (Lipinski definition) is 4. The number of esters is 1. The van der Waals surface area contributed by atoms with Gasteiger partial charge in [-0.15, -0.1) is 0 Å². The number of aromatic nitrogens is 1. The average Bonchev–Trinajstić information content (AvgIpc) is 3.18. The Hall–Kier alpha value is -2.69. The van der Waals surface area contributed by atoms with Crippen LogP contribution in [0.2, 0.25) is 0 Å². The molecular weight excluding hydrogens is 306 g/mol. The van der Waals surface area contributed by atoms with Gasteiger partial charge in [0, 0.05) is 6.20 Å². The molecule has 6 rings (SSSR count). The fraction of sp³-hybridized carbons (Fsp3) is 0.316. The molecule has 2 bridgehead atoms. The van der Waals surface area contributed by atoms with Gasteiger partial charge < -0.3 is 19.2 Å². The molecule has 1 fully saturated rings. The van der Waals surface area contributed by atoms with Crippen molar-refractivity contribution in [2.45, 2.75) is 31.0 Å². The van der Waals surface area contributed by atoms with Crippen LogP contribution in [0.1, 0.15) is 51.5 Å². The Bertz CT molecular complexity index is 868. The molecule has 1 saturated heterocycles. The first-order valence-corrected chi connectivity index (χ1v) is 8.20. The molecule has 0 amide bonds. The maximum absolute atomic E-state index is 12.4. The van der Waals surface area contributed by atoms with Crippen LogP contribution < -0.4 is 0 Å². The Labute approximate surface area is 139 Å². The second-order valence-corrected chi connectivity index (χ2v) is 6.37. The molecule has 1 N–H and O–H groups in total. The molecule has 1 aliphatic heterocycles. The van der Waals surface area contributed by atoms with Crippen LogP contribution in [0.4, 0.5) is 0 Å². The molecule has 2 heterocycles. The molecule has 24 heavy (non-hydrogen) atoms. The molecule has 1 aromatic carbocycles. The Kier molecular flexibility index (Phi) is 2.66. The largest absolute Gasteiger partial charge is 0.461 e. The fourth-order valence-corrected chi connectivity index (χ4v) is 4.49. The molecule has 2 aromatic rings. The molecule has 5 heteroatoms. The monoisotopic (exact) mass is 323 g/mol. The van der Waals surface area contributed by atoms with E-state index in [0.717, 1.165) is 11.1 Å². The van der Waals surface area contributed by atoms with Crippen molar-refractivity contribution in [1.29, 1.82) is 0 Å². The van der Waals surface area contributed by atoms with Crippen molar-refractivity contribution >= 4 is 5.97 Å². The lowest BCUT2D eigenvalue weighted by molar-refractivity contribution is 0.0513. The quantitative estimate of drug-likeness (QED) is 0.863. The van der Waals surface area contributed by atoms with E-state index in [2.05, 4.69) is 23.7 Å². The van der Waals surface area contributed by atoms with E-state index in [-0.39, 0.29) is 30.0 Å². The zero-order valence-electron chi connectivity index (χ0n) is 13.2. The number of rotatable bonds is 2. The minimum Gasteiger partial charge on any atom is -0.461 e. The van der Waals surface area contributed by atoms with Gasteiger partial charge in [-0.05, 0) is 35.8 Å². The Balaban J connectivity index is 1.73. The molecule has 122 valence electrons. The van der Waals surface area contributed by atoms with Crippen LogP contribution in [0, 0.1) is 0 Å². The topological polar surface area (TPSA) is 60.6 Å². The van der Waals surface area contributed by atoms with Crippen LogP contribution in [0.25, 0.3) is 0 Å². The van der Waals surface area contributed by atoms with E-state index in [9.17, 15) is 4.79 Å². The van der Waals surface area contributed by atoms with E-state index in [1.165, 1.54) is 11.1 Å². The third kappa shape index (κ3) is 1.57. The van der Waals surface area contributed by atoms with Gasteiger partial charge in [-0.3, -0.25) is 0 Å². The van der Waals surface area contributed by atoms with E-state index in [1.807, 2.05) is 25.3 Å². The molecule has 0 radical (unpaired) electrons. The lowest BCUT2D eigenvalue weighted by Gasteiger charge is -2.44. The second kappa shape index (κ2) is 4.66. The maximum atomic E-state index is 12.4. The number of carbonyl (C=O) groups is 1. The summed E-state index contributed by atoms with van der Waals surface area (Å²) in [5.41, 5.74) is 5.04. The molecule has 5 nitrogen and oxygen atoms in total. The average molecular weight is 323 g/mol. The van der Waals surface area contributed by atoms with Crippen molar-refractivity contribution in [3.8, 4) is 0 Å². The summed E-state index contributed by atoms with van der Waals surface area (Å²) in [6.45, 7) is 5.98. The van der Waals surface area contributed by atoms with E-state index >= 15 is 0 Å². The predicted molar refractivity (Wildman–Crippen MR) is 85.8 cm³/mol.